The molecule has 1 fully saturated rings. The molecule has 0 bridgehead atoms. The van der Waals surface area contributed by atoms with Gasteiger partial charge in [0.05, 0.1) is 13.1 Å². The fourth-order valence-corrected chi connectivity index (χ4v) is 11.2. The molecule has 90 heavy (non-hydrogen) atoms. The molecule has 1 aliphatic rings. The molecular weight excluding hydrogens is 1160 g/mol. The average molecular weight is 1250 g/mol. The van der Waals surface area contributed by atoms with Crippen molar-refractivity contribution in [3.05, 3.63) is 108 Å². The summed E-state index contributed by atoms with van der Waals surface area (Å²) in [5.41, 5.74) is 15.0. The van der Waals surface area contributed by atoms with Crippen LogP contribution in [0.15, 0.2) is 91.3 Å². The number of nitrogens with zero attached hydrogens (tertiary/aromatic N) is 3. The summed E-state index contributed by atoms with van der Waals surface area (Å²) in [6.07, 6.45) is 3.82. The van der Waals surface area contributed by atoms with Crippen LogP contribution in [-0.4, -0.2) is 200 Å². The number of carbonyl (C=O) groups is 10. The SMILES string of the molecule is CC(C)C[C@H](NC(=O)[C@H](CC(C)C)NC(=O)[C@@H](Cc1c[nH]c2ccccc12)NC(=O)[C@H](Cc1ccccc1)NC(=O)[C@@H](Cc1c[nH]c2ccccc12)NC(=O)[C@H](CCCCN)NC(=O)CCC(C(=O)O)N1CCN(CC(=O)O)CCN(CC(=O)O)CC1)C(N)=O. The number of H-pyrrole nitrogens is 2. The van der Waals surface area contributed by atoms with Gasteiger partial charge in [-0.2, -0.15) is 0 Å². The molecule has 0 saturated carbocycles. The maximum absolute atomic E-state index is 15.2. The minimum Gasteiger partial charge on any atom is -0.480 e. The van der Waals surface area contributed by atoms with Crippen molar-refractivity contribution in [2.24, 2.45) is 23.3 Å². The van der Waals surface area contributed by atoms with Crippen LogP contribution in [0.2, 0.25) is 0 Å². The lowest BCUT2D eigenvalue weighted by atomic mass is 9.98. The van der Waals surface area contributed by atoms with Gasteiger partial charge in [-0.15, -0.1) is 0 Å². The number of carbonyl (C=O) groups excluding carboxylic acids is 7. The van der Waals surface area contributed by atoms with Crippen molar-refractivity contribution in [2.75, 3.05) is 58.9 Å². The van der Waals surface area contributed by atoms with Crippen molar-refractivity contribution >= 4 is 81.1 Å². The van der Waals surface area contributed by atoms with Gasteiger partial charge in [0, 0.05) is 99.2 Å². The highest BCUT2D eigenvalue weighted by Gasteiger charge is 2.36. The van der Waals surface area contributed by atoms with Crippen molar-refractivity contribution < 1.29 is 63.3 Å². The molecular formula is C64H89N13O13. The Balaban J connectivity index is 1.28. The molecule has 0 spiro atoms. The summed E-state index contributed by atoms with van der Waals surface area (Å²) < 4.78 is 0. The van der Waals surface area contributed by atoms with Crippen LogP contribution in [0.4, 0.5) is 0 Å². The highest BCUT2D eigenvalue weighted by molar-refractivity contribution is 5.98. The normalized spacial score (nSPS) is 15.9. The van der Waals surface area contributed by atoms with E-state index in [4.69, 9.17) is 11.5 Å². The van der Waals surface area contributed by atoms with Crippen LogP contribution in [0.25, 0.3) is 21.8 Å². The van der Waals surface area contributed by atoms with E-state index in [0.717, 1.165) is 21.8 Å². The summed E-state index contributed by atoms with van der Waals surface area (Å²) in [6.45, 7) is 8.01. The Bertz CT molecular complexity index is 3210. The highest BCUT2D eigenvalue weighted by Crippen LogP contribution is 2.22. The number of fused-ring (bicyclic) bond motifs is 2. The largest absolute Gasteiger partial charge is 0.480 e. The number of carboxylic acid groups (broad SMARTS) is 3. The standard InChI is InChI=1S/C64H89N13O13/c1-39(2)30-49(58(66)83)70-60(85)50(31-40(3)4)71-62(87)53(34-43-36-68-47-19-11-9-17-45(43)47)74-61(86)51(32-41-14-6-5-7-15-41)72-63(88)52(33-42-35-67-46-18-10-8-16-44(42)46)73-59(84)48(20-12-13-23-65)69-55(78)22-21-54(64(89)90)77-28-26-75(37-56(79)80)24-25-76(27-29-77)38-57(81)82/h5-11,14-19,35-36,39-40,48-54,67-68H,12-13,20-34,37-38,65H2,1-4H3,(H2,66,83)(H,69,78)(H,70,85)(H,71,87)(H,72,88)(H,73,84)(H,74,86)(H,79,80)(H,81,82)(H,89,90)/t48-,49-,50-,51-,52+,53+,54?/m0/s1. The number of carboxylic acids is 3. The first kappa shape index (κ1) is 70.4. The van der Waals surface area contributed by atoms with E-state index in [-0.39, 0.29) is 122 Å². The molecule has 26 nitrogen and oxygen atoms in total. The zero-order valence-electron chi connectivity index (χ0n) is 51.7. The van der Waals surface area contributed by atoms with Gasteiger partial charge >= 0.3 is 17.9 Å². The quantitative estimate of drug-likeness (QED) is 0.0256. The number of para-hydroxylation sites is 2. The molecule has 7 atom stereocenters. The molecule has 7 amide bonds. The van der Waals surface area contributed by atoms with Crippen LogP contribution >= 0.6 is 0 Å². The second kappa shape index (κ2) is 34.9. The molecule has 0 aliphatic carbocycles. The topological polar surface area (TPSA) is 397 Å². The molecule has 3 aromatic carbocycles. The Kier molecular flexibility index (Phi) is 27.3. The molecule has 2 aromatic heterocycles. The van der Waals surface area contributed by atoms with E-state index in [1.54, 1.807) is 57.4 Å². The van der Waals surface area contributed by atoms with Gasteiger partial charge in [-0.05, 0) is 85.7 Å². The van der Waals surface area contributed by atoms with Crippen molar-refractivity contribution in [2.45, 2.75) is 134 Å². The fraction of sp³-hybridized carbons (Fsp3) is 0.500. The van der Waals surface area contributed by atoms with E-state index in [0.29, 0.717) is 29.5 Å². The lowest BCUT2D eigenvalue weighted by Gasteiger charge is -2.30. The van der Waals surface area contributed by atoms with E-state index >= 15 is 9.59 Å². The van der Waals surface area contributed by atoms with Crippen molar-refractivity contribution in [1.82, 2.24) is 56.6 Å². The number of nitrogens with two attached hydrogens (primary N) is 2. The third-order valence-corrected chi connectivity index (χ3v) is 15.9. The van der Waals surface area contributed by atoms with E-state index in [9.17, 15) is 53.7 Å². The lowest BCUT2D eigenvalue weighted by molar-refractivity contribution is -0.145. The van der Waals surface area contributed by atoms with Crippen molar-refractivity contribution in [3.8, 4) is 0 Å². The summed E-state index contributed by atoms with van der Waals surface area (Å²) >= 11 is 0. The number of aliphatic carboxylic acids is 3. The Morgan fingerprint density at radius 1 is 0.500 bits per heavy atom. The summed E-state index contributed by atoms with van der Waals surface area (Å²) in [6, 6.07) is 14.7. The molecule has 1 unspecified atom stereocenters. The Morgan fingerprint density at radius 2 is 0.922 bits per heavy atom. The molecule has 488 valence electrons. The van der Waals surface area contributed by atoms with E-state index in [2.05, 4.69) is 41.9 Å². The minimum atomic E-state index is -1.41. The zero-order valence-corrected chi connectivity index (χ0v) is 51.7. The second-order valence-electron chi connectivity index (χ2n) is 24.0. The van der Waals surface area contributed by atoms with Gasteiger partial charge in [0.2, 0.25) is 41.4 Å². The monoisotopic (exact) mass is 1250 g/mol. The Labute approximate surface area is 523 Å². The van der Waals surface area contributed by atoms with Gasteiger partial charge < -0.3 is 68.7 Å². The maximum Gasteiger partial charge on any atom is 0.320 e. The van der Waals surface area contributed by atoms with Gasteiger partial charge in [0.1, 0.15) is 42.3 Å². The third-order valence-electron chi connectivity index (χ3n) is 15.9. The predicted molar refractivity (Wildman–Crippen MR) is 337 cm³/mol. The first-order valence-electron chi connectivity index (χ1n) is 30.8. The molecule has 6 rings (SSSR count). The maximum atomic E-state index is 15.2. The Morgan fingerprint density at radius 3 is 1.39 bits per heavy atom. The first-order chi connectivity index (χ1) is 43.0. The predicted octanol–water partition coefficient (Wildman–Crippen LogP) is 1.61. The number of hydrogen-bond acceptors (Lipinski definition) is 14. The molecule has 1 aliphatic heterocycles. The van der Waals surface area contributed by atoms with Crippen molar-refractivity contribution in [1.29, 1.82) is 0 Å². The van der Waals surface area contributed by atoms with E-state index in [1.165, 1.54) is 0 Å². The summed E-state index contributed by atoms with van der Waals surface area (Å²) in [5.74, 6) is -8.74. The second-order valence-corrected chi connectivity index (χ2v) is 24.0. The molecule has 1 saturated heterocycles. The number of hydrogen-bond donors (Lipinski definition) is 13. The number of nitrogens with one attached hydrogen (secondary N) is 8. The summed E-state index contributed by atoms with van der Waals surface area (Å²) in [4.78, 5) is 148. The molecule has 0 radical (unpaired) electrons. The molecule has 15 N–H and O–H groups in total. The summed E-state index contributed by atoms with van der Waals surface area (Å²) in [5, 5.41) is 48.1. The van der Waals surface area contributed by atoms with Crippen molar-refractivity contribution in [3.63, 3.8) is 0 Å². The zero-order chi connectivity index (χ0) is 65.4. The number of aromatic nitrogens is 2. The van der Waals surface area contributed by atoms with Gasteiger partial charge in [-0.1, -0.05) is 94.4 Å². The fourth-order valence-electron chi connectivity index (χ4n) is 11.2. The van der Waals surface area contributed by atoms with Crippen LogP contribution in [0.5, 0.6) is 0 Å². The van der Waals surface area contributed by atoms with Crippen LogP contribution in [0, 0.1) is 11.8 Å². The van der Waals surface area contributed by atoms with Crippen LogP contribution in [-0.2, 0) is 67.2 Å². The van der Waals surface area contributed by atoms with Gasteiger partial charge in [-0.25, -0.2) is 0 Å². The van der Waals surface area contributed by atoms with Gasteiger partial charge in [-0.3, -0.25) is 62.6 Å². The van der Waals surface area contributed by atoms with Crippen LogP contribution in [0.3, 0.4) is 0 Å². The Hall–Kier alpha value is -8.72. The number of unbranched alkanes of at least 4 members (excludes halogenated alkanes) is 1. The number of aromatic amines is 2. The highest BCUT2D eigenvalue weighted by atomic mass is 16.4. The third kappa shape index (κ3) is 22.1. The van der Waals surface area contributed by atoms with E-state index in [1.807, 2.05) is 76.2 Å². The number of amides is 7. The minimum absolute atomic E-state index is 0.00492. The van der Waals surface area contributed by atoms with Crippen LogP contribution < -0.4 is 43.4 Å². The van der Waals surface area contributed by atoms with E-state index < -0.39 is 102 Å². The van der Waals surface area contributed by atoms with Crippen LogP contribution in [0.1, 0.15) is 89.3 Å². The first-order valence-corrected chi connectivity index (χ1v) is 30.8. The summed E-state index contributed by atoms with van der Waals surface area (Å²) in [7, 11) is 0. The average Bonchev–Trinajstić information content (AvgIpc) is 2.12. The lowest BCUT2D eigenvalue weighted by Crippen LogP contribution is -2.60. The molecule has 3 heterocycles. The van der Waals surface area contributed by atoms with Gasteiger partial charge in [0.15, 0.2) is 0 Å². The number of rotatable bonds is 35. The number of primary amides is 1. The van der Waals surface area contributed by atoms with Gasteiger partial charge in [0.25, 0.3) is 0 Å². The molecule has 5 aromatic rings. The number of benzene rings is 3. The molecule has 26 heteroatoms. The smallest absolute Gasteiger partial charge is 0.320 e.